The first kappa shape index (κ1) is 11.0. The Kier molecular flexibility index (Phi) is 6.71. The van der Waals surface area contributed by atoms with Crippen molar-refractivity contribution in [2.45, 2.75) is 25.4 Å². The molecule has 0 bridgehead atoms. The van der Waals surface area contributed by atoms with E-state index in [1.54, 1.807) is 0 Å². The fourth-order valence-corrected chi connectivity index (χ4v) is 0.778. The maximum absolute atomic E-state index is 8.86. The number of hydrogen-bond donors (Lipinski definition) is 4. The molecule has 11 heavy (non-hydrogen) atoms. The molecule has 0 aliphatic heterocycles. The first-order valence-corrected chi connectivity index (χ1v) is 4.52. The van der Waals surface area contributed by atoms with Gasteiger partial charge in [0.05, 0.1) is 6.10 Å². The van der Waals surface area contributed by atoms with Crippen LogP contribution in [0.5, 0.6) is 0 Å². The van der Waals surface area contributed by atoms with Crippen molar-refractivity contribution < 1.29 is 19.8 Å². The molecule has 0 radical (unpaired) electrons. The van der Waals surface area contributed by atoms with Crippen LogP contribution in [0, 0.1) is 0 Å². The Hall–Kier alpha value is 0.01000. The van der Waals surface area contributed by atoms with Crippen LogP contribution in [0.25, 0.3) is 0 Å². The second-order valence-corrected chi connectivity index (χ2v) is 2.74. The molecule has 1 rings (SSSR count). The predicted molar refractivity (Wildman–Crippen MR) is 42.6 cm³/mol. The molecule has 4 nitrogen and oxygen atoms in total. The molecule has 1 aliphatic rings. The van der Waals surface area contributed by atoms with Gasteiger partial charge >= 0.3 is 8.60 Å². The van der Waals surface area contributed by atoms with E-state index in [9.17, 15) is 0 Å². The molecular weight excluding hydrogens is 167 g/mol. The van der Waals surface area contributed by atoms with E-state index in [4.69, 9.17) is 19.8 Å². The third kappa shape index (κ3) is 10.0. The summed E-state index contributed by atoms with van der Waals surface area (Å²) in [4.78, 5) is 21.7. The van der Waals surface area contributed by atoms with Gasteiger partial charge < -0.3 is 19.8 Å². The van der Waals surface area contributed by atoms with Crippen LogP contribution in [-0.2, 0) is 0 Å². The van der Waals surface area contributed by atoms with E-state index in [-0.39, 0.29) is 6.10 Å². The van der Waals surface area contributed by atoms with Gasteiger partial charge in [-0.25, -0.2) is 0 Å². The van der Waals surface area contributed by atoms with E-state index < -0.39 is 8.60 Å². The topological polar surface area (TPSA) is 80.9 Å². The lowest BCUT2D eigenvalue weighted by Crippen LogP contribution is -2.06. The molecule has 66 valence electrons. The van der Waals surface area contributed by atoms with Crippen LogP contribution in [0.4, 0.5) is 0 Å². The Bertz CT molecular complexity index is 112. The molecular formula is C6H13O4P. The molecule has 1 atom stereocenters. The van der Waals surface area contributed by atoms with Gasteiger partial charge in [-0.05, 0) is 19.3 Å². The van der Waals surface area contributed by atoms with Gasteiger partial charge in [0.1, 0.15) is 0 Å². The average Bonchev–Trinajstić information content (AvgIpc) is 1.87. The minimum absolute atomic E-state index is 0.0509. The summed E-state index contributed by atoms with van der Waals surface area (Å²) in [5.41, 5.74) is 0. The molecule has 5 heteroatoms. The Morgan fingerprint density at radius 1 is 1.18 bits per heavy atom. The molecule has 0 aromatic carbocycles. The maximum atomic E-state index is 8.86. The maximum Gasteiger partial charge on any atom is 0.324 e. The van der Waals surface area contributed by atoms with Crippen molar-refractivity contribution in [1.29, 1.82) is 0 Å². The fourth-order valence-electron chi connectivity index (χ4n) is 0.778. The van der Waals surface area contributed by atoms with Crippen molar-refractivity contribution in [1.82, 2.24) is 0 Å². The third-order valence-corrected chi connectivity index (χ3v) is 1.24. The average molecular weight is 180 g/mol. The summed E-state index contributed by atoms with van der Waals surface area (Å²) in [5, 5.41) is 8.86. The molecule has 0 spiro atoms. The van der Waals surface area contributed by atoms with Gasteiger partial charge in [-0.3, -0.25) is 0 Å². The summed E-state index contributed by atoms with van der Waals surface area (Å²) in [7, 11) is -2.62. The Balaban J connectivity index is 0.000000218. The lowest BCUT2D eigenvalue weighted by Gasteiger charge is -2.08. The highest BCUT2D eigenvalue weighted by molar-refractivity contribution is 7.38. The highest BCUT2D eigenvalue weighted by atomic mass is 31.2. The van der Waals surface area contributed by atoms with Gasteiger partial charge in [-0.2, -0.15) is 0 Å². The van der Waals surface area contributed by atoms with Gasteiger partial charge in [-0.15, -0.1) is 0 Å². The third-order valence-electron chi connectivity index (χ3n) is 1.24. The van der Waals surface area contributed by atoms with Crippen LogP contribution in [0.15, 0.2) is 12.2 Å². The summed E-state index contributed by atoms with van der Waals surface area (Å²) in [5.74, 6) is 0. The zero-order chi connectivity index (χ0) is 8.69. The van der Waals surface area contributed by atoms with Gasteiger partial charge in [0.15, 0.2) is 0 Å². The predicted octanol–water partition coefficient (Wildman–Crippen LogP) is 0.278. The summed E-state index contributed by atoms with van der Waals surface area (Å²) in [6, 6.07) is 0. The van der Waals surface area contributed by atoms with Gasteiger partial charge in [-0.1, -0.05) is 12.2 Å². The van der Waals surface area contributed by atoms with E-state index >= 15 is 0 Å². The molecule has 0 amide bonds. The van der Waals surface area contributed by atoms with Crippen LogP contribution < -0.4 is 0 Å². The van der Waals surface area contributed by atoms with Crippen LogP contribution in [-0.4, -0.2) is 25.9 Å². The van der Waals surface area contributed by atoms with Crippen molar-refractivity contribution >= 4 is 8.60 Å². The van der Waals surface area contributed by atoms with Crippen LogP contribution in [0.1, 0.15) is 19.3 Å². The SMILES string of the molecule is OC1CC=CCC1.OP(O)O. The zero-order valence-corrected chi connectivity index (χ0v) is 6.98. The number of rotatable bonds is 0. The molecule has 4 N–H and O–H groups in total. The summed E-state index contributed by atoms with van der Waals surface area (Å²) < 4.78 is 0. The normalized spacial score (nSPS) is 22.8. The van der Waals surface area contributed by atoms with Crippen molar-refractivity contribution in [3.05, 3.63) is 12.2 Å². The first-order valence-electron chi connectivity index (χ1n) is 3.32. The minimum Gasteiger partial charge on any atom is -0.393 e. The minimum atomic E-state index is -2.62. The molecule has 0 aromatic heterocycles. The summed E-state index contributed by atoms with van der Waals surface area (Å²) in [6.07, 6.45) is 6.98. The first-order chi connectivity index (χ1) is 5.13. The largest absolute Gasteiger partial charge is 0.393 e. The van der Waals surface area contributed by atoms with Crippen molar-refractivity contribution in [3.8, 4) is 0 Å². The Morgan fingerprint density at radius 3 is 1.91 bits per heavy atom. The van der Waals surface area contributed by atoms with E-state index in [0.29, 0.717) is 0 Å². The Labute approximate surface area is 66.8 Å². The molecule has 0 heterocycles. The number of aliphatic hydroxyl groups excluding tert-OH is 1. The smallest absolute Gasteiger partial charge is 0.324 e. The highest BCUT2D eigenvalue weighted by Gasteiger charge is 2.02. The highest BCUT2D eigenvalue weighted by Crippen LogP contribution is 2.11. The second kappa shape index (κ2) is 6.70. The van der Waals surface area contributed by atoms with Crippen molar-refractivity contribution in [3.63, 3.8) is 0 Å². The number of hydrogen-bond acceptors (Lipinski definition) is 4. The standard InChI is InChI=1S/C6H10O.H3O3P/c7-6-4-2-1-3-5-6;1-4(2)3/h1-2,6-7H,3-5H2;1-3H. The van der Waals surface area contributed by atoms with Gasteiger partial charge in [0.2, 0.25) is 0 Å². The summed E-state index contributed by atoms with van der Waals surface area (Å²) >= 11 is 0. The van der Waals surface area contributed by atoms with Crippen molar-refractivity contribution in [2.24, 2.45) is 0 Å². The van der Waals surface area contributed by atoms with E-state index in [1.807, 2.05) is 6.08 Å². The molecule has 0 aromatic rings. The van der Waals surface area contributed by atoms with Crippen LogP contribution in [0.3, 0.4) is 0 Å². The zero-order valence-electron chi connectivity index (χ0n) is 6.09. The van der Waals surface area contributed by atoms with Gasteiger partial charge in [0.25, 0.3) is 0 Å². The van der Waals surface area contributed by atoms with E-state index in [0.717, 1.165) is 19.3 Å². The quantitative estimate of drug-likeness (QED) is 0.319. The number of aliphatic hydroxyl groups is 1. The summed E-state index contributed by atoms with van der Waals surface area (Å²) in [6.45, 7) is 0. The Morgan fingerprint density at radius 2 is 1.73 bits per heavy atom. The van der Waals surface area contributed by atoms with Crippen LogP contribution >= 0.6 is 8.60 Å². The second-order valence-electron chi connectivity index (χ2n) is 2.21. The fraction of sp³-hybridized carbons (Fsp3) is 0.667. The van der Waals surface area contributed by atoms with E-state index in [2.05, 4.69) is 6.08 Å². The monoisotopic (exact) mass is 180 g/mol. The lowest BCUT2D eigenvalue weighted by molar-refractivity contribution is 0.164. The number of allylic oxidation sites excluding steroid dienone is 1. The molecule has 0 saturated carbocycles. The van der Waals surface area contributed by atoms with Crippen LogP contribution in [0.2, 0.25) is 0 Å². The lowest BCUT2D eigenvalue weighted by atomic mass is 10.1. The molecule has 1 aliphatic carbocycles. The van der Waals surface area contributed by atoms with E-state index in [1.165, 1.54) is 0 Å². The molecule has 0 saturated heterocycles. The molecule has 1 unspecified atom stereocenters. The molecule has 0 fully saturated rings. The van der Waals surface area contributed by atoms with Crippen molar-refractivity contribution in [2.75, 3.05) is 0 Å². The van der Waals surface area contributed by atoms with Gasteiger partial charge in [0, 0.05) is 0 Å².